The average molecular weight is 153 g/mol. The molecule has 0 aliphatic carbocycles. The monoisotopic (exact) mass is 153 g/mol. The number of guanidine groups is 1. The minimum absolute atomic E-state index is 0.0426. The van der Waals surface area contributed by atoms with Crippen molar-refractivity contribution in [1.82, 2.24) is 10.2 Å². The van der Waals surface area contributed by atoms with E-state index in [4.69, 9.17) is 0 Å². The van der Waals surface area contributed by atoms with E-state index in [0.29, 0.717) is 19.0 Å². The molecule has 0 spiro atoms. The number of nitrogens with one attached hydrogen (secondary N) is 1. The van der Waals surface area contributed by atoms with Gasteiger partial charge in [0.2, 0.25) is 17.8 Å². The molecule has 1 fully saturated rings. The molecule has 1 saturated heterocycles. The predicted molar refractivity (Wildman–Crippen MR) is 36.8 cm³/mol. The first kappa shape index (κ1) is 6.33. The first-order valence-electron chi connectivity index (χ1n) is 3.42. The third kappa shape index (κ3) is 0.886. The fourth-order valence-electron chi connectivity index (χ4n) is 1.20. The van der Waals surface area contributed by atoms with Gasteiger partial charge in [-0.15, -0.1) is 0 Å². The van der Waals surface area contributed by atoms with Crippen LogP contribution in [-0.4, -0.2) is 35.8 Å². The molecular formula is C6H7N3O2. The Morgan fingerprint density at radius 2 is 2.27 bits per heavy atom. The summed E-state index contributed by atoms with van der Waals surface area (Å²) in [6, 6.07) is 0. The molecule has 0 saturated carbocycles. The molecule has 2 amide bonds. The number of fused-ring (bicyclic) bond motifs is 1. The van der Waals surface area contributed by atoms with Gasteiger partial charge in [0.1, 0.15) is 6.42 Å². The average Bonchev–Trinajstić information content (AvgIpc) is 2.34. The summed E-state index contributed by atoms with van der Waals surface area (Å²) in [5.74, 6) is 0.0168. The highest BCUT2D eigenvalue weighted by Crippen LogP contribution is 2.06. The Labute approximate surface area is 63.1 Å². The molecule has 5 nitrogen and oxygen atoms in total. The maximum Gasteiger partial charge on any atom is 0.238 e. The smallest absolute Gasteiger partial charge is 0.238 e. The van der Waals surface area contributed by atoms with Gasteiger partial charge in [-0.2, -0.15) is 0 Å². The lowest BCUT2D eigenvalue weighted by Crippen LogP contribution is -2.51. The Balaban J connectivity index is 2.26. The van der Waals surface area contributed by atoms with E-state index in [2.05, 4.69) is 10.3 Å². The number of rotatable bonds is 0. The molecule has 0 unspecified atom stereocenters. The lowest BCUT2D eigenvalue weighted by atomic mass is 10.3. The highest BCUT2D eigenvalue weighted by Gasteiger charge is 2.31. The van der Waals surface area contributed by atoms with Crippen molar-refractivity contribution < 1.29 is 9.59 Å². The van der Waals surface area contributed by atoms with E-state index < -0.39 is 0 Å². The third-order valence-electron chi connectivity index (χ3n) is 1.70. The van der Waals surface area contributed by atoms with Gasteiger partial charge in [0.25, 0.3) is 0 Å². The Bertz CT molecular complexity index is 259. The molecule has 0 aromatic rings. The second-order valence-corrected chi connectivity index (χ2v) is 2.48. The van der Waals surface area contributed by atoms with Crippen LogP contribution in [-0.2, 0) is 9.59 Å². The van der Waals surface area contributed by atoms with Crippen LogP contribution in [0.2, 0.25) is 0 Å². The van der Waals surface area contributed by atoms with Crippen molar-refractivity contribution in [3.8, 4) is 0 Å². The van der Waals surface area contributed by atoms with E-state index >= 15 is 0 Å². The lowest BCUT2D eigenvalue weighted by Gasteiger charge is -2.22. The van der Waals surface area contributed by atoms with Gasteiger partial charge in [0.15, 0.2) is 0 Å². The van der Waals surface area contributed by atoms with Crippen LogP contribution in [0.5, 0.6) is 0 Å². The maximum atomic E-state index is 11.1. The van der Waals surface area contributed by atoms with E-state index in [1.54, 1.807) is 0 Å². The van der Waals surface area contributed by atoms with Crippen LogP contribution in [0.1, 0.15) is 6.42 Å². The fourth-order valence-corrected chi connectivity index (χ4v) is 1.20. The molecule has 0 bridgehead atoms. The zero-order valence-electron chi connectivity index (χ0n) is 5.83. The molecule has 5 heteroatoms. The number of carbonyl (C=O) groups is 2. The van der Waals surface area contributed by atoms with Gasteiger partial charge < -0.3 is 0 Å². The third-order valence-corrected chi connectivity index (χ3v) is 1.70. The van der Waals surface area contributed by atoms with E-state index in [0.717, 1.165) is 0 Å². The van der Waals surface area contributed by atoms with Gasteiger partial charge >= 0.3 is 0 Å². The molecular weight excluding hydrogens is 146 g/mol. The molecule has 1 N–H and O–H groups in total. The van der Waals surface area contributed by atoms with Crippen LogP contribution in [0.25, 0.3) is 0 Å². The van der Waals surface area contributed by atoms with Crippen LogP contribution in [0, 0.1) is 0 Å². The number of hydrogen-bond donors (Lipinski definition) is 1. The molecule has 2 heterocycles. The van der Waals surface area contributed by atoms with E-state index in [-0.39, 0.29) is 18.2 Å². The highest BCUT2D eigenvalue weighted by atomic mass is 16.2. The van der Waals surface area contributed by atoms with Crippen molar-refractivity contribution in [1.29, 1.82) is 0 Å². The van der Waals surface area contributed by atoms with Crippen LogP contribution >= 0.6 is 0 Å². The molecule has 2 rings (SSSR count). The van der Waals surface area contributed by atoms with Gasteiger partial charge in [0.05, 0.1) is 6.54 Å². The number of nitrogens with zero attached hydrogens (tertiary/aromatic N) is 2. The molecule has 0 atom stereocenters. The highest BCUT2D eigenvalue weighted by molar-refractivity contribution is 6.16. The van der Waals surface area contributed by atoms with Gasteiger partial charge in [-0.3, -0.25) is 24.8 Å². The molecule has 0 aromatic carbocycles. The van der Waals surface area contributed by atoms with Crippen LogP contribution in [0.3, 0.4) is 0 Å². The topological polar surface area (TPSA) is 61.8 Å². The van der Waals surface area contributed by atoms with E-state index in [9.17, 15) is 9.59 Å². The summed E-state index contributed by atoms with van der Waals surface area (Å²) in [4.78, 5) is 27.3. The SMILES string of the molecule is O=C1CC(=O)N2CCN=C2N1. The van der Waals surface area contributed by atoms with Gasteiger partial charge in [-0.25, -0.2) is 0 Å². The molecule has 58 valence electrons. The molecule has 2 aliphatic heterocycles. The van der Waals surface area contributed by atoms with Crippen molar-refractivity contribution in [2.45, 2.75) is 6.42 Å². The Hall–Kier alpha value is -1.39. The van der Waals surface area contributed by atoms with Crippen molar-refractivity contribution in [3.63, 3.8) is 0 Å². The Morgan fingerprint density at radius 3 is 3.09 bits per heavy atom. The minimum atomic E-state index is -0.257. The van der Waals surface area contributed by atoms with Crippen molar-refractivity contribution in [2.75, 3.05) is 13.1 Å². The predicted octanol–water partition coefficient (Wildman–Crippen LogP) is -1.30. The summed E-state index contributed by atoms with van der Waals surface area (Å²) in [7, 11) is 0. The standard InChI is InChI=1S/C6H7N3O2/c10-4-3-5(11)9-2-1-7-6(9)8-4/h1-3H2,(H,7,8,10). The normalized spacial score (nSPS) is 22.9. The van der Waals surface area contributed by atoms with Crippen molar-refractivity contribution >= 4 is 17.8 Å². The Kier molecular flexibility index (Phi) is 1.18. The first-order valence-corrected chi connectivity index (χ1v) is 3.42. The van der Waals surface area contributed by atoms with Crippen molar-refractivity contribution in [2.24, 2.45) is 4.99 Å². The largest absolute Gasteiger partial charge is 0.296 e. The Morgan fingerprint density at radius 1 is 1.45 bits per heavy atom. The summed E-state index contributed by atoms with van der Waals surface area (Å²) in [6.07, 6.45) is -0.0426. The number of amides is 2. The van der Waals surface area contributed by atoms with E-state index in [1.807, 2.05) is 0 Å². The first-order chi connectivity index (χ1) is 5.27. The summed E-state index contributed by atoms with van der Waals surface area (Å²) in [5, 5.41) is 2.52. The number of aliphatic imine (C=N–C) groups is 1. The maximum absolute atomic E-state index is 11.1. The molecule has 2 aliphatic rings. The number of carbonyl (C=O) groups excluding carboxylic acids is 2. The fraction of sp³-hybridized carbons (Fsp3) is 0.500. The van der Waals surface area contributed by atoms with Crippen LogP contribution < -0.4 is 5.32 Å². The summed E-state index contributed by atoms with van der Waals surface area (Å²) < 4.78 is 0. The summed E-state index contributed by atoms with van der Waals surface area (Å²) >= 11 is 0. The second kappa shape index (κ2) is 2.05. The minimum Gasteiger partial charge on any atom is -0.296 e. The lowest BCUT2D eigenvalue weighted by molar-refractivity contribution is -0.134. The van der Waals surface area contributed by atoms with Crippen molar-refractivity contribution in [3.05, 3.63) is 0 Å². The zero-order chi connectivity index (χ0) is 7.84. The van der Waals surface area contributed by atoms with E-state index in [1.165, 1.54) is 4.90 Å². The molecule has 0 radical (unpaired) electrons. The molecule has 11 heavy (non-hydrogen) atoms. The number of hydrogen-bond acceptors (Lipinski definition) is 3. The summed E-state index contributed by atoms with van der Waals surface area (Å²) in [5.41, 5.74) is 0. The summed E-state index contributed by atoms with van der Waals surface area (Å²) in [6.45, 7) is 1.20. The van der Waals surface area contributed by atoms with Gasteiger partial charge in [-0.1, -0.05) is 0 Å². The zero-order valence-corrected chi connectivity index (χ0v) is 5.83. The molecule has 0 aromatic heterocycles. The second-order valence-electron chi connectivity index (χ2n) is 2.48. The van der Waals surface area contributed by atoms with Gasteiger partial charge in [0, 0.05) is 6.54 Å². The van der Waals surface area contributed by atoms with Crippen LogP contribution in [0.15, 0.2) is 4.99 Å². The quantitative estimate of drug-likeness (QED) is 0.440. The van der Waals surface area contributed by atoms with Crippen LogP contribution in [0.4, 0.5) is 0 Å². The van der Waals surface area contributed by atoms with Gasteiger partial charge in [-0.05, 0) is 0 Å².